The van der Waals surface area contributed by atoms with Crippen LogP contribution in [-0.4, -0.2) is 151 Å². The molecule has 0 aliphatic rings. The molecule has 2 aromatic carbocycles. The van der Waals surface area contributed by atoms with Gasteiger partial charge in [0.25, 0.3) is 0 Å². The van der Waals surface area contributed by atoms with Crippen LogP contribution in [0.1, 0.15) is 64.0 Å². The number of phenolic OH excluding ortho intramolecular Hbond substituents is 1. The van der Waals surface area contributed by atoms with Crippen LogP contribution < -0.4 is 60.2 Å². The summed E-state index contributed by atoms with van der Waals surface area (Å²) in [6.07, 6.45) is 0.719. The van der Waals surface area contributed by atoms with Crippen LogP contribution in [0.15, 0.2) is 64.6 Å². The molecule has 7 amide bonds. The normalized spacial score (nSPS) is 13.4. The zero-order valence-corrected chi connectivity index (χ0v) is 39.8. The second-order valence-electron chi connectivity index (χ2n) is 16.7. The van der Waals surface area contributed by atoms with Gasteiger partial charge in [-0.1, -0.05) is 56.3 Å². The fourth-order valence-corrected chi connectivity index (χ4v) is 6.80. The number of rotatable bonds is 30. The Morgan fingerprint density at radius 3 is 1.72 bits per heavy atom. The second kappa shape index (κ2) is 30.0. The summed E-state index contributed by atoms with van der Waals surface area (Å²) >= 11 is 0. The van der Waals surface area contributed by atoms with Gasteiger partial charge in [-0.25, -0.2) is 0 Å². The minimum Gasteiger partial charge on any atom is -0.508 e. The standard InChI is InChI=1S/C45H70N14O10/c1-26(2)21-33(39(64)57-31(13-9-19-51-44(46)47)42(67)59(5)35(14-10-20-52-45(48)49)41(66)55-27(3)43(68)69)58-40(65)34(23-28-11-7-6-8-12-28)56-37(62)25-53-36(61)24-54-38(63)32(50-4)22-29-15-17-30(60)18-16-29/h6-8,11-12,15-18,26-27,31-35,50,60H,9-10,13-14,19-25H2,1-5H3,(H,53,61)(H,54,63)(H,55,66)(H,56,62)(H,57,64)(H,58,65)(H,68,69)(H4,46,47,51)(H4,48,49,52)/t27-,31+,32+,33+,34+,35+/m1/s1. The van der Waals surface area contributed by atoms with Gasteiger partial charge in [0.05, 0.1) is 19.1 Å². The van der Waals surface area contributed by atoms with Gasteiger partial charge in [0, 0.05) is 26.6 Å². The van der Waals surface area contributed by atoms with Gasteiger partial charge >= 0.3 is 5.97 Å². The van der Waals surface area contributed by atoms with Crippen molar-refractivity contribution in [1.82, 2.24) is 42.1 Å². The number of phenols is 1. The number of carboxylic acids is 1. The SMILES string of the molecule is CN[C@@H](Cc1ccc(O)cc1)C(=O)NCC(=O)NCC(=O)N[C@@H](Cc1ccccc1)C(=O)N[C@@H](CC(C)C)C(=O)N[C@@H](CCCN=C(N)N)C(=O)N(C)[C@@H](CCCN=C(N)N)C(=O)N[C@H](C)C(=O)O. The molecule has 0 saturated heterocycles. The molecule has 2 aromatic rings. The van der Waals surface area contributed by atoms with Crippen LogP contribution in [0.5, 0.6) is 5.75 Å². The van der Waals surface area contributed by atoms with Crippen molar-refractivity contribution in [3.63, 3.8) is 0 Å². The first-order valence-corrected chi connectivity index (χ1v) is 22.5. The maximum absolute atomic E-state index is 14.3. The molecule has 0 unspecified atom stereocenters. The number of benzene rings is 2. The highest BCUT2D eigenvalue weighted by Gasteiger charge is 2.35. The van der Waals surface area contributed by atoms with Crippen LogP contribution in [0, 0.1) is 5.92 Å². The third-order valence-electron chi connectivity index (χ3n) is 10.5. The molecular weight excluding hydrogens is 897 g/mol. The number of likely N-dealkylation sites (N-methyl/N-ethyl adjacent to an activating group) is 2. The van der Waals surface area contributed by atoms with Crippen LogP contribution in [0.2, 0.25) is 0 Å². The first-order chi connectivity index (χ1) is 32.6. The Hall–Kier alpha value is -7.50. The Kier molecular flexibility index (Phi) is 25.1. The molecule has 69 heavy (non-hydrogen) atoms. The van der Waals surface area contributed by atoms with E-state index in [1.807, 2.05) is 13.8 Å². The summed E-state index contributed by atoms with van der Waals surface area (Å²) in [6.45, 7) is 4.03. The number of aromatic hydroxyl groups is 1. The molecule has 0 heterocycles. The van der Waals surface area contributed by atoms with E-state index in [1.54, 1.807) is 49.5 Å². The van der Waals surface area contributed by atoms with E-state index in [1.165, 1.54) is 26.1 Å². The predicted octanol–water partition coefficient (Wildman–Crippen LogP) is -2.98. The van der Waals surface area contributed by atoms with Crippen molar-refractivity contribution in [2.24, 2.45) is 38.8 Å². The van der Waals surface area contributed by atoms with Gasteiger partial charge in [0.1, 0.15) is 36.0 Å². The molecule has 2 rings (SSSR count). The van der Waals surface area contributed by atoms with Crippen LogP contribution in [0.4, 0.5) is 0 Å². The number of nitrogens with zero attached hydrogens (tertiary/aromatic N) is 3. The fraction of sp³-hybridized carbons (Fsp3) is 0.511. The number of guanidine groups is 2. The molecule has 0 aliphatic carbocycles. The molecule has 6 atom stereocenters. The summed E-state index contributed by atoms with van der Waals surface area (Å²) < 4.78 is 0. The lowest BCUT2D eigenvalue weighted by Crippen LogP contribution is -2.59. The molecular formula is C45H70N14O10. The van der Waals surface area contributed by atoms with Crippen molar-refractivity contribution in [2.75, 3.05) is 40.3 Å². The number of carbonyl (C=O) groups excluding carboxylic acids is 7. The molecule has 0 radical (unpaired) electrons. The first-order valence-electron chi connectivity index (χ1n) is 22.5. The zero-order chi connectivity index (χ0) is 51.6. The lowest BCUT2D eigenvalue weighted by molar-refractivity contribution is -0.145. The quantitative estimate of drug-likeness (QED) is 0.0211. The molecule has 17 N–H and O–H groups in total. The first kappa shape index (κ1) is 57.6. The van der Waals surface area contributed by atoms with E-state index in [-0.39, 0.29) is 81.6 Å². The number of carboxylic acid groups (broad SMARTS) is 1. The number of nitrogens with two attached hydrogens (primary N) is 4. The summed E-state index contributed by atoms with van der Waals surface area (Å²) in [4.78, 5) is 115. The molecule has 0 fully saturated rings. The number of nitrogens with one attached hydrogen (secondary N) is 7. The highest BCUT2D eigenvalue weighted by Crippen LogP contribution is 2.15. The molecule has 24 nitrogen and oxygen atoms in total. The monoisotopic (exact) mass is 967 g/mol. The van der Waals surface area contributed by atoms with Crippen LogP contribution in [-0.2, 0) is 51.2 Å². The minimum absolute atomic E-state index is 0.00672. The third-order valence-corrected chi connectivity index (χ3v) is 10.5. The smallest absolute Gasteiger partial charge is 0.325 e. The fourth-order valence-electron chi connectivity index (χ4n) is 6.80. The topological polar surface area (TPSA) is 393 Å². The highest BCUT2D eigenvalue weighted by atomic mass is 16.4. The Balaban J connectivity index is 2.30. The largest absolute Gasteiger partial charge is 0.508 e. The van der Waals surface area contributed by atoms with E-state index >= 15 is 0 Å². The van der Waals surface area contributed by atoms with E-state index in [9.17, 15) is 48.6 Å². The summed E-state index contributed by atoms with van der Waals surface area (Å²) in [6, 6.07) is 8.01. The molecule has 0 aromatic heterocycles. The number of hydrogen-bond donors (Lipinski definition) is 13. The lowest BCUT2D eigenvalue weighted by atomic mass is 10.00. The minimum atomic E-state index is -1.31. The molecule has 0 aliphatic heterocycles. The second-order valence-corrected chi connectivity index (χ2v) is 16.7. The number of carbonyl (C=O) groups is 8. The number of aliphatic carboxylic acids is 1. The zero-order valence-electron chi connectivity index (χ0n) is 39.8. The van der Waals surface area contributed by atoms with Crippen molar-refractivity contribution in [2.45, 2.75) is 102 Å². The van der Waals surface area contributed by atoms with E-state index in [2.05, 4.69) is 47.2 Å². The summed E-state index contributed by atoms with van der Waals surface area (Å²) in [5.74, 6) is -6.72. The van der Waals surface area contributed by atoms with E-state index in [4.69, 9.17) is 22.9 Å². The van der Waals surface area contributed by atoms with Gasteiger partial charge in [-0.2, -0.15) is 0 Å². The molecule has 0 spiro atoms. The Morgan fingerprint density at radius 1 is 0.623 bits per heavy atom. The van der Waals surface area contributed by atoms with Crippen molar-refractivity contribution >= 4 is 59.2 Å². The average molecular weight is 967 g/mol. The maximum atomic E-state index is 14.3. The molecule has 0 saturated carbocycles. The van der Waals surface area contributed by atoms with E-state index in [0.29, 0.717) is 5.56 Å². The summed E-state index contributed by atoms with van der Waals surface area (Å²) in [5, 5.41) is 37.3. The molecule has 380 valence electrons. The van der Waals surface area contributed by atoms with Gasteiger partial charge in [-0.3, -0.25) is 48.3 Å². The van der Waals surface area contributed by atoms with Crippen molar-refractivity contribution < 1.29 is 48.6 Å². The van der Waals surface area contributed by atoms with Crippen LogP contribution in [0.3, 0.4) is 0 Å². The van der Waals surface area contributed by atoms with Gasteiger partial charge in [0.15, 0.2) is 11.9 Å². The van der Waals surface area contributed by atoms with Crippen molar-refractivity contribution in [3.8, 4) is 5.75 Å². The maximum Gasteiger partial charge on any atom is 0.325 e. The van der Waals surface area contributed by atoms with E-state index in [0.717, 1.165) is 10.5 Å². The molecule has 24 heteroatoms. The Labute approximate surface area is 401 Å². The van der Waals surface area contributed by atoms with Gasteiger partial charge in [-0.05, 0) is 81.7 Å². The third kappa shape index (κ3) is 22.2. The van der Waals surface area contributed by atoms with Gasteiger partial charge < -0.3 is 75.3 Å². The predicted molar refractivity (Wildman–Crippen MR) is 258 cm³/mol. The summed E-state index contributed by atoms with van der Waals surface area (Å²) in [7, 11) is 2.91. The molecule has 0 bridgehead atoms. The van der Waals surface area contributed by atoms with Gasteiger partial charge in [0.2, 0.25) is 41.4 Å². The number of aliphatic imine (C=N–C) groups is 2. The van der Waals surface area contributed by atoms with Crippen LogP contribution in [0.25, 0.3) is 0 Å². The highest BCUT2D eigenvalue weighted by molar-refractivity contribution is 5.96. The van der Waals surface area contributed by atoms with Crippen LogP contribution >= 0.6 is 0 Å². The van der Waals surface area contributed by atoms with Crippen molar-refractivity contribution in [1.29, 1.82) is 0 Å². The van der Waals surface area contributed by atoms with E-state index < -0.39 is 96.7 Å². The van der Waals surface area contributed by atoms with Gasteiger partial charge in [-0.15, -0.1) is 0 Å². The number of amides is 7. The lowest BCUT2D eigenvalue weighted by Gasteiger charge is -2.32. The average Bonchev–Trinajstić information content (AvgIpc) is 3.29. The Morgan fingerprint density at radius 2 is 1.16 bits per heavy atom. The van der Waals surface area contributed by atoms with Crippen molar-refractivity contribution in [3.05, 3.63) is 65.7 Å². The Bertz CT molecular complexity index is 2080. The number of hydrogen-bond acceptors (Lipinski definition) is 12. The summed E-state index contributed by atoms with van der Waals surface area (Å²) in [5.41, 5.74) is 23.3.